The molecule has 0 atom stereocenters. The van der Waals surface area contributed by atoms with Crippen LogP contribution in [0.4, 0.5) is 9.59 Å². The number of hydrogen-bond acceptors (Lipinski definition) is 3. The van der Waals surface area contributed by atoms with Gasteiger partial charge in [-0.1, -0.05) is 58.4 Å². The first-order valence-electron chi connectivity index (χ1n) is 5.99. The molecule has 0 N–H and O–H groups in total. The molecule has 21 heavy (non-hydrogen) atoms. The summed E-state index contributed by atoms with van der Waals surface area (Å²) in [5, 5.41) is 1.13. The Kier molecular flexibility index (Phi) is 5.48. The van der Waals surface area contributed by atoms with Gasteiger partial charge in [-0.05, 0) is 24.3 Å². The maximum atomic E-state index is 11.6. The van der Waals surface area contributed by atoms with Gasteiger partial charge < -0.3 is 4.74 Å². The topological polar surface area (TPSA) is 43.4 Å². The first-order valence-corrected chi connectivity index (χ1v) is 6.75. The van der Waals surface area contributed by atoms with E-state index in [1.807, 2.05) is 0 Å². The summed E-state index contributed by atoms with van der Waals surface area (Å²) in [4.78, 5) is 23.2. The summed E-state index contributed by atoms with van der Waals surface area (Å²) in [5.41, 5.74) is 1.20. The monoisotopic (exact) mass is 316 g/mol. The van der Waals surface area contributed by atoms with E-state index in [9.17, 15) is 9.59 Å². The zero-order valence-corrected chi connectivity index (χ0v) is 12.3. The molecule has 0 saturated heterocycles. The average Bonchev–Trinajstić information content (AvgIpc) is 2.44. The van der Waals surface area contributed by atoms with Crippen molar-refractivity contribution in [1.82, 2.24) is 0 Å². The molecule has 0 aliphatic rings. The highest BCUT2D eigenvalue weighted by molar-refractivity contribution is 6.87. The number of carbonyl (C=O) groups is 2. The zero-order valence-electron chi connectivity index (χ0n) is 10.8. The third kappa shape index (κ3) is 5.29. The number of rotatable bonds is 4. The predicted octanol–water partition coefficient (Wildman–Crippen LogP) is 2.61. The Labute approximate surface area is 133 Å². The van der Waals surface area contributed by atoms with Crippen molar-refractivity contribution in [3.63, 3.8) is 0 Å². The minimum absolute atomic E-state index is 0.563. The maximum absolute atomic E-state index is 11.6. The SMILES string of the molecule is O=C([B]c1ccc(Cl)cc1)OC(=O)[B]c1ccc(Cl)cc1. The van der Waals surface area contributed by atoms with Crippen molar-refractivity contribution in [2.24, 2.45) is 0 Å². The third-order valence-electron chi connectivity index (χ3n) is 2.51. The van der Waals surface area contributed by atoms with E-state index >= 15 is 0 Å². The average molecular weight is 317 g/mol. The molecule has 0 bridgehead atoms. The van der Waals surface area contributed by atoms with Crippen LogP contribution in [0.2, 0.25) is 10.0 Å². The summed E-state index contributed by atoms with van der Waals surface area (Å²) in [5.74, 6) is -1.49. The van der Waals surface area contributed by atoms with E-state index in [1.165, 1.54) is 14.6 Å². The molecule has 0 aliphatic heterocycles. The molecule has 0 amide bonds. The smallest absolute Gasteiger partial charge is 0.300 e. The molecule has 0 saturated carbocycles. The molecular formula is C14H8B2Cl2O3. The number of benzene rings is 2. The molecule has 0 fully saturated rings. The van der Waals surface area contributed by atoms with Gasteiger partial charge in [-0.3, -0.25) is 9.59 Å². The summed E-state index contributed by atoms with van der Waals surface area (Å²) in [6, 6.07) is 13.2. The van der Waals surface area contributed by atoms with Gasteiger partial charge in [0.2, 0.25) is 0 Å². The lowest BCUT2D eigenvalue weighted by Gasteiger charge is -2.03. The van der Waals surface area contributed by atoms with Gasteiger partial charge in [0.15, 0.2) is 0 Å². The van der Waals surface area contributed by atoms with Crippen molar-refractivity contribution in [2.45, 2.75) is 0 Å². The molecule has 0 heterocycles. The normalized spacial score (nSPS) is 9.81. The summed E-state index contributed by atoms with van der Waals surface area (Å²) in [7, 11) is 2.42. The maximum Gasteiger partial charge on any atom is 0.300 e. The van der Waals surface area contributed by atoms with Gasteiger partial charge in [0.1, 0.15) is 0 Å². The van der Waals surface area contributed by atoms with Crippen molar-refractivity contribution in [2.75, 3.05) is 0 Å². The predicted molar refractivity (Wildman–Crippen MR) is 85.6 cm³/mol. The van der Waals surface area contributed by atoms with E-state index in [0.29, 0.717) is 21.0 Å². The molecule has 2 radical (unpaired) electrons. The fourth-order valence-corrected chi connectivity index (χ4v) is 1.80. The Morgan fingerprint density at radius 2 is 1.05 bits per heavy atom. The molecule has 2 rings (SSSR count). The molecule has 7 heteroatoms. The van der Waals surface area contributed by atoms with Crippen LogP contribution in [0, 0.1) is 0 Å². The van der Waals surface area contributed by atoms with Gasteiger partial charge in [-0.25, -0.2) is 0 Å². The molecule has 2 aromatic carbocycles. The minimum atomic E-state index is -0.743. The fraction of sp³-hybridized carbons (Fsp3) is 0. The van der Waals surface area contributed by atoms with Crippen molar-refractivity contribution >= 4 is 60.4 Å². The van der Waals surface area contributed by atoms with Crippen molar-refractivity contribution < 1.29 is 14.3 Å². The van der Waals surface area contributed by atoms with Gasteiger partial charge in [0.05, 0.1) is 0 Å². The summed E-state index contributed by atoms with van der Waals surface area (Å²) >= 11 is 11.5. The van der Waals surface area contributed by atoms with E-state index in [1.54, 1.807) is 48.5 Å². The minimum Gasteiger partial charge on any atom is -0.411 e. The molecule has 102 valence electrons. The molecule has 3 nitrogen and oxygen atoms in total. The van der Waals surface area contributed by atoms with Crippen molar-refractivity contribution in [1.29, 1.82) is 0 Å². The second-order valence-electron chi connectivity index (χ2n) is 4.13. The number of halogens is 2. The van der Waals surface area contributed by atoms with Crippen molar-refractivity contribution in [3.8, 4) is 0 Å². The lowest BCUT2D eigenvalue weighted by atomic mass is 9.69. The Morgan fingerprint density at radius 3 is 1.38 bits per heavy atom. The number of hydrogen-bond donors (Lipinski definition) is 0. The lowest BCUT2D eigenvalue weighted by Crippen LogP contribution is -2.31. The van der Waals surface area contributed by atoms with Gasteiger partial charge in [0.25, 0.3) is 26.3 Å². The van der Waals surface area contributed by atoms with E-state index in [0.717, 1.165) is 0 Å². The molecule has 0 aromatic heterocycles. The van der Waals surface area contributed by atoms with Crippen LogP contribution >= 0.6 is 23.2 Å². The first-order chi connectivity index (χ1) is 10.0. The van der Waals surface area contributed by atoms with Gasteiger partial charge >= 0.3 is 0 Å². The Bertz CT molecular complexity index is 585. The molecule has 0 aliphatic carbocycles. The van der Waals surface area contributed by atoms with Crippen LogP contribution in [0.3, 0.4) is 0 Å². The second-order valence-corrected chi connectivity index (χ2v) is 5.00. The van der Waals surface area contributed by atoms with E-state index in [-0.39, 0.29) is 0 Å². The zero-order chi connectivity index (χ0) is 15.2. The molecular weight excluding hydrogens is 309 g/mol. The van der Waals surface area contributed by atoms with E-state index in [4.69, 9.17) is 23.2 Å². The summed E-state index contributed by atoms with van der Waals surface area (Å²) in [6.07, 6.45) is 0. The Balaban J connectivity index is 1.85. The third-order valence-corrected chi connectivity index (χ3v) is 3.01. The fourth-order valence-electron chi connectivity index (χ4n) is 1.55. The van der Waals surface area contributed by atoms with Crippen LogP contribution < -0.4 is 10.9 Å². The molecule has 0 spiro atoms. The van der Waals surface area contributed by atoms with Gasteiger partial charge in [-0.2, -0.15) is 0 Å². The highest BCUT2D eigenvalue weighted by Crippen LogP contribution is 2.04. The van der Waals surface area contributed by atoms with E-state index in [2.05, 4.69) is 4.74 Å². The highest BCUT2D eigenvalue weighted by atomic mass is 35.5. The lowest BCUT2D eigenvalue weighted by molar-refractivity contribution is 0.184. The van der Waals surface area contributed by atoms with Crippen molar-refractivity contribution in [3.05, 3.63) is 58.6 Å². The first kappa shape index (κ1) is 15.7. The molecule has 0 unspecified atom stereocenters. The quantitative estimate of drug-likeness (QED) is 0.643. The molecule has 2 aromatic rings. The van der Waals surface area contributed by atoms with Gasteiger partial charge in [-0.15, -0.1) is 0 Å². The van der Waals surface area contributed by atoms with Crippen LogP contribution in [0.1, 0.15) is 0 Å². The number of ether oxygens (including phenoxy) is 1. The van der Waals surface area contributed by atoms with Crippen LogP contribution in [-0.4, -0.2) is 26.3 Å². The number of carbonyl (C=O) groups excluding carboxylic acids is 2. The van der Waals surface area contributed by atoms with Gasteiger partial charge in [0, 0.05) is 10.0 Å². The summed E-state index contributed by atoms with van der Waals surface area (Å²) in [6.45, 7) is 0. The van der Waals surface area contributed by atoms with Crippen LogP contribution in [0.25, 0.3) is 0 Å². The summed E-state index contributed by atoms with van der Waals surface area (Å²) < 4.78 is 4.66. The highest BCUT2D eigenvalue weighted by Gasteiger charge is 2.14. The Hall–Kier alpha value is -1.71. The Morgan fingerprint density at radius 1 is 0.714 bits per heavy atom. The van der Waals surface area contributed by atoms with Crippen LogP contribution in [0.5, 0.6) is 0 Å². The van der Waals surface area contributed by atoms with Crippen LogP contribution in [0.15, 0.2) is 48.5 Å². The second kappa shape index (κ2) is 7.34. The van der Waals surface area contributed by atoms with E-state index < -0.39 is 11.7 Å². The van der Waals surface area contributed by atoms with Crippen LogP contribution in [-0.2, 0) is 4.74 Å². The standard InChI is InChI=1S/C14H8B2Cl2O3/c17-11-5-1-9(2-6-11)15-13(19)21-14(20)16-10-3-7-12(18)8-4-10/h1-8H. The largest absolute Gasteiger partial charge is 0.411 e.